The minimum Gasteiger partial charge on any atom is -0.469 e. The van der Waals surface area contributed by atoms with Gasteiger partial charge in [0.25, 0.3) is 0 Å². The number of methoxy groups -OCH3 is 1. The van der Waals surface area contributed by atoms with E-state index in [1.54, 1.807) is 0 Å². The van der Waals surface area contributed by atoms with E-state index in [9.17, 15) is 14.0 Å². The first-order valence-electron chi connectivity index (χ1n) is 4.26. The van der Waals surface area contributed by atoms with Gasteiger partial charge in [0.1, 0.15) is 5.15 Å². The highest BCUT2D eigenvalue weighted by atomic mass is 35.5. The van der Waals surface area contributed by atoms with E-state index in [1.165, 1.54) is 33.1 Å². The second-order valence-electron chi connectivity index (χ2n) is 2.72. The molecule has 0 aliphatic carbocycles. The number of aromatic nitrogens is 1. The van der Waals surface area contributed by atoms with Gasteiger partial charge >= 0.3 is 5.97 Å². The van der Waals surface area contributed by atoms with Crippen LogP contribution in [-0.4, -0.2) is 23.8 Å². The van der Waals surface area contributed by atoms with Crippen molar-refractivity contribution in [3.8, 4) is 0 Å². The first kappa shape index (κ1) is 14.5. The van der Waals surface area contributed by atoms with Crippen LogP contribution in [0.3, 0.4) is 0 Å². The number of esters is 1. The maximum absolute atomic E-state index is 12.7. The number of carbonyl (C=O) groups excluding carboxylic acids is 2. The number of ketones is 1. The van der Waals surface area contributed by atoms with Gasteiger partial charge in [0.15, 0.2) is 5.78 Å². The third-order valence-corrected chi connectivity index (χ3v) is 1.69. The Labute approximate surface area is 97.4 Å². The molecule has 16 heavy (non-hydrogen) atoms. The molecule has 0 aliphatic rings. The highest BCUT2D eigenvalue weighted by Crippen LogP contribution is 2.10. The molecule has 0 unspecified atom stereocenters. The minimum absolute atomic E-state index is 0.0330. The minimum atomic E-state index is -0.815. The molecule has 0 fully saturated rings. The van der Waals surface area contributed by atoms with E-state index in [0.717, 1.165) is 0 Å². The summed E-state index contributed by atoms with van der Waals surface area (Å²) in [6, 6.07) is 2.69. The van der Waals surface area contributed by atoms with Crippen molar-refractivity contribution in [1.82, 2.24) is 4.98 Å². The van der Waals surface area contributed by atoms with Gasteiger partial charge in [0, 0.05) is 6.92 Å². The summed E-state index contributed by atoms with van der Waals surface area (Å²) in [4.78, 5) is 23.5. The van der Waals surface area contributed by atoms with Crippen LogP contribution in [0.25, 0.3) is 0 Å². The molecule has 1 rings (SSSR count). The zero-order chi connectivity index (χ0) is 12.7. The summed E-state index contributed by atoms with van der Waals surface area (Å²) in [5, 5.41) is 0.0486. The van der Waals surface area contributed by atoms with E-state index in [0.29, 0.717) is 0 Å². The molecular formula is C10H11ClFNO3. The third-order valence-electron chi connectivity index (χ3n) is 1.48. The van der Waals surface area contributed by atoms with Gasteiger partial charge in [-0.2, -0.15) is 4.39 Å². The first-order valence-corrected chi connectivity index (χ1v) is 4.63. The van der Waals surface area contributed by atoms with Gasteiger partial charge in [-0.05, 0) is 19.1 Å². The molecule has 0 saturated heterocycles. The number of hydrogen-bond acceptors (Lipinski definition) is 4. The fourth-order valence-corrected chi connectivity index (χ4v) is 0.812. The molecule has 0 bridgehead atoms. The van der Waals surface area contributed by atoms with Gasteiger partial charge in [-0.3, -0.25) is 9.59 Å². The average molecular weight is 248 g/mol. The van der Waals surface area contributed by atoms with E-state index in [2.05, 4.69) is 9.72 Å². The van der Waals surface area contributed by atoms with Crippen LogP contribution in [0.1, 0.15) is 24.2 Å². The fourth-order valence-electron chi connectivity index (χ4n) is 0.675. The Morgan fingerprint density at radius 3 is 2.19 bits per heavy atom. The van der Waals surface area contributed by atoms with Crippen molar-refractivity contribution in [2.45, 2.75) is 13.8 Å². The highest BCUT2D eigenvalue weighted by molar-refractivity contribution is 6.29. The Hall–Kier alpha value is -1.49. The lowest BCUT2D eigenvalue weighted by atomic mass is 10.2. The van der Waals surface area contributed by atoms with Crippen LogP contribution in [0.5, 0.6) is 0 Å². The molecule has 88 valence electrons. The van der Waals surface area contributed by atoms with E-state index in [-0.39, 0.29) is 22.5 Å². The van der Waals surface area contributed by atoms with Crippen LogP contribution in [-0.2, 0) is 9.53 Å². The second-order valence-corrected chi connectivity index (χ2v) is 3.11. The summed E-state index contributed by atoms with van der Waals surface area (Å²) in [5.41, 5.74) is -0.0330. The topological polar surface area (TPSA) is 56.3 Å². The van der Waals surface area contributed by atoms with Crippen molar-refractivity contribution >= 4 is 23.4 Å². The van der Waals surface area contributed by atoms with Crippen molar-refractivity contribution in [3.63, 3.8) is 0 Å². The summed E-state index contributed by atoms with van der Waals surface area (Å²) in [6.45, 7) is 2.63. The molecule has 1 heterocycles. The maximum atomic E-state index is 12.7. The molecule has 0 aromatic carbocycles. The van der Waals surface area contributed by atoms with Crippen LogP contribution in [0.2, 0.25) is 5.15 Å². The van der Waals surface area contributed by atoms with Crippen molar-refractivity contribution < 1.29 is 18.7 Å². The monoisotopic (exact) mass is 247 g/mol. The average Bonchev–Trinajstić information content (AvgIpc) is 2.17. The highest BCUT2D eigenvalue weighted by Gasteiger charge is 2.07. The van der Waals surface area contributed by atoms with Crippen molar-refractivity contribution in [2.75, 3.05) is 7.11 Å². The van der Waals surface area contributed by atoms with Crippen molar-refractivity contribution in [2.24, 2.45) is 0 Å². The molecule has 0 saturated carbocycles. The van der Waals surface area contributed by atoms with Crippen molar-refractivity contribution in [1.29, 1.82) is 0 Å². The van der Waals surface area contributed by atoms with E-state index in [4.69, 9.17) is 11.6 Å². The molecule has 4 nitrogen and oxygen atoms in total. The zero-order valence-electron chi connectivity index (χ0n) is 9.08. The molecule has 0 N–H and O–H groups in total. The Morgan fingerprint density at radius 1 is 1.38 bits per heavy atom. The van der Waals surface area contributed by atoms with Crippen LogP contribution < -0.4 is 0 Å². The van der Waals surface area contributed by atoms with Crippen LogP contribution in [0, 0.1) is 5.95 Å². The van der Waals surface area contributed by atoms with Crippen LogP contribution in [0.4, 0.5) is 4.39 Å². The number of ether oxygens (including phenoxy) is 1. The van der Waals surface area contributed by atoms with E-state index >= 15 is 0 Å². The Balaban J connectivity index is 0.000000385. The van der Waals surface area contributed by atoms with Gasteiger partial charge in [-0.15, -0.1) is 0 Å². The standard InChI is InChI=1S/C7H5ClFNO.C3H6O2/c1-4(11)5-2-3-6(8)10-7(5)9;1-3(4)5-2/h2-3H,1H3;1-2H3. The van der Waals surface area contributed by atoms with Crippen LogP contribution in [0.15, 0.2) is 12.1 Å². The molecule has 0 spiro atoms. The predicted octanol–water partition coefficient (Wildman–Crippen LogP) is 2.26. The van der Waals surface area contributed by atoms with Crippen LogP contribution >= 0.6 is 11.6 Å². The summed E-state index contributed by atoms with van der Waals surface area (Å²) < 4.78 is 16.8. The fraction of sp³-hybridized carbons (Fsp3) is 0.300. The zero-order valence-corrected chi connectivity index (χ0v) is 9.84. The van der Waals surface area contributed by atoms with Gasteiger partial charge in [0.05, 0.1) is 12.7 Å². The first-order chi connectivity index (χ1) is 7.38. The molecule has 0 atom stereocenters. The second kappa shape index (κ2) is 6.90. The summed E-state index contributed by atoms with van der Waals surface area (Å²) in [7, 11) is 1.35. The Kier molecular flexibility index (Phi) is 6.25. The normalized spacial score (nSPS) is 8.81. The number of carbonyl (C=O) groups is 2. The Bertz CT molecular complexity index is 396. The summed E-state index contributed by atoms with van der Waals surface area (Å²) >= 11 is 5.36. The molecular weight excluding hydrogens is 237 g/mol. The third kappa shape index (κ3) is 5.41. The predicted molar refractivity (Wildman–Crippen MR) is 56.9 cm³/mol. The molecule has 0 amide bonds. The quantitative estimate of drug-likeness (QED) is 0.434. The number of rotatable bonds is 1. The lowest BCUT2D eigenvalue weighted by Gasteiger charge is -1.95. The molecule has 0 aliphatic heterocycles. The number of Topliss-reactive ketones (excluding diaryl/α,β-unsaturated/α-hetero) is 1. The van der Waals surface area contributed by atoms with E-state index in [1.807, 2.05) is 0 Å². The lowest BCUT2D eigenvalue weighted by Crippen LogP contribution is -1.98. The van der Waals surface area contributed by atoms with Crippen molar-refractivity contribution in [3.05, 3.63) is 28.8 Å². The van der Waals surface area contributed by atoms with Gasteiger partial charge in [-0.1, -0.05) is 11.6 Å². The number of nitrogens with zero attached hydrogens (tertiary/aromatic N) is 1. The molecule has 1 aromatic heterocycles. The van der Waals surface area contributed by atoms with Gasteiger partial charge in [0.2, 0.25) is 5.95 Å². The summed E-state index contributed by atoms with van der Waals surface area (Å²) in [5.74, 6) is -1.42. The van der Waals surface area contributed by atoms with Gasteiger partial charge in [-0.25, -0.2) is 4.98 Å². The SMILES string of the molecule is CC(=O)c1ccc(Cl)nc1F.COC(C)=O. The number of halogens is 2. The number of hydrogen-bond donors (Lipinski definition) is 0. The molecule has 6 heteroatoms. The molecule has 0 radical (unpaired) electrons. The smallest absolute Gasteiger partial charge is 0.302 e. The Morgan fingerprint density at radius 2 is 1.88 bits per heavy atom. The van der Waals surface area contributed by atoms with Gasteiger partial charge < -0.3 is 4.74 Å². The summed E-state index contributed by atoms with van der Waals surface area (Å²) in [6.07, 6.45) is 0. The molecule has 1 aromatic rings. The maximum Gasteiger partial charge on any atom is 0.302 e. The lowest BCUT2D eigenvalue weighted by molar-refractivity contribution is -0.137. The number of pyridine rings is 1. The van der Waals surface area contributed by atoms with E-state index < -0.39 is 5.95 Å². The largest absolute Gasteiger partial charge is 0.469 e.